The van der Waals surface area contributed by atoms with Crippen molar-refractivity contribution in [2.45, 2.75) is 13.0 Å². The Hall–Kier alpha value is -0.890. The van der Waals surface area contributed by atoms with E-state index in [0.717, 1.165) is 37.7 Å². The summed E-state index contributed by atoms with van der Waals surface area (Å²) in [6.45, 7) is 3.15. The monoisotopic (exact) mass is 407 g/mol. The third-order valence-corrected chi connectivity index (χ3v) is 3.45. The highest BCUT2D eigenvalue weighted by molar-refractivity contribution is 14.0. The summed E-state index contributed by atoms with van der Waals surface area (Å²) in [5.74, 6) is 1.16. The fourth-order valence-electron chi connectivity index (χ4n) is 2.35. The van der Waals surface area contributed by atoms with Crippen molar-refractivity contribution in [1.82, 2.24) is 10.2 Å². The van der Waals surface area contributed by atoms with Crippen LogP contribution in [-0.4, -0.2) is 44.7 Å². The van der Waals surface area contributed by atoms with Crippen molar-refractivity contribution in [2.75, 3.05) is 33.9 Å². The third-order valence-electron chi connectivity index (χ3n) is 3.45. The van der Waals surface area contributed by atoms with Crippen molar-refractivity contribution in [1.29, 1.82) is 0 Å². The largest absolute Gasteiger partial charge is 0.381 e. The average Bonchev–Trinajstić information content (AvgIpc) is 2.92. The minimum absolute atomic E-state index is 0. The fourth-order valence-corrected chi connectivity index (χ4v) is 2.35. The first kappa shape index (κ1) is 18.2. The SMILES string of the molecule is CN=C(NCC1CCOC1)N(C)Cc1cccc(F)c1.I. The maximum Gasteiger partial charge on any atom is 0.193 e. The van der Waals surface area contributed by atoms with Gasteiger partial charge in [-0.25, -0.2) is 4.39 Å². The smallest absolute Gasteiger partial charge is 0.193 e. The zero-order chi connectivity index (χ0) is 14.4. The number of nitrogens with one attached hydrogen (secondary N) is 1. The lowest BCUT2D eigenvalue weighted by Crippen LogP contribution is -2.40. The van der Waals surface area contributed by atoms with Gasteiger partial charge in [0.25, 0.3) is 0 Å². The molecule has 1 aliphatic rings. The number of aliphatic imine (C=N–C) groups is 1. The van der Waals surface area contributed by atoms with Gasteiger partial charge < -0.3 is 15.0 Å². The van der Waals surface area contributed by atoms with E-state index >= 15 is 0 Å². The second-order valence-electron chi connectivity index (χ2n) is 5.14. The van der Waals surface area contributed by atoms with Crippen molar-refractivity contribution >= 4 is 29.9 Å². The van der Waals surface area contributed by atoms with Crippen LogP contribution >= 0.6 is 24.0 Å². The van der Waals surface area contributed by atoms with Gasteiger partial charge in [0.1, 0.15) is 5.82 Å². The van der Waals surface area contributed by atoms with E-state index in [2.05, 4.69) is 10.3 Å². The Balaban J connectivity index is 0.00000220. The van der Waals surface area contributed by atoms with Crippen LogP contribution in [0.2, 0.25) is 0 Å². The minimum atomic E-state index is -0.207. The Labute approximate surface area is 142 Å². The highest BCUT2D eigenvalue weighted by Gasteiger charge is 2.16. The molecule has 0 bridgehead atoms. The highest BCUT2D eigenvalue weighted by Crippen LogP contribution is 2.11. The molecule has 21 heavy (non-hydrogen) atoms. The van der Waals surface area contributed by atoms with Gasteiger partial charge in [0, 0.05) is 39.7 Å². The summed E-state index contributed by atoms with van der Waals surface area (Å²) in [5, 5.41) is 3.35. The highest BCUT2D eigenvalue weighted by atomic mass is 127. The predicted molar refractivity (Wildman–Crippen MR) is 93.6 cm³/mol. The van der Waals surface area contributed by atoms with Crippen LogP contribution in [0.3, 0.4) is 0 Å². The van der Waals surface area contributed by atoms with Crippen LogP contribution in [0.4, 0.5) is 4.39 Å². The average molecular weight is 407 g/mol. The molecule has 1 aliphatic heterocycles. The quantitative estimate of drug-likeness (QED) is 0.474. The maximum atomic E-state index is 13.2. The summed E-state index contributed by atoms with van der Waals surface area (Å²) in [5.41, 5.74) is 0.930. The lowest BCUT2D eigenvalue weighted by atomic mass is 10.1. The number of hydrogen-bond donors (Lipinski definition) is 1. The zero-order valence-corrected chi connectivity index (χ0v) is 14.8. The van der Waals surface area contributed by atoms with Crippen molar-refractivity contribution in [3.05, 3.63) is 35.6 Å². The fraction of sp³-hybridized carbons (Fsp3) is 0.533. The van der Waals surface area contributed by atoms with Crippen molar-refractivity contribution in [3.8, 4) is 0 Å². The number of rotatable bonds is 4. The first-order valence-electron chi connectivity index (χ1n) is 6.93. The van der Waals surface area contributed by atoms with E-state index < -0.39 is 0 Å². The molecule has 6 heteroatoms. The molecule has 0 aromatic heterocycles. The number of ether oxygens (including phenoxy) is 1. The molecular weight excluding hydrogens is 384 g/mol. The molecule has 1 N–H and O–H groups in total. The Kier molecular flexibility index (Phi) is 7.95. The number of guanidine groups is 1. The van der Waals surface area contributed by atoms with Crippen LogP contribution in [0.5, 0.6) is 0 Å². The lowest BCUT2D eigenvalue weighted by molar-refractivity contribution is 0.186. The molecule has 1 aromatic carbocycles. The van der Waals surface area contributed by atoms with Gasteiger partial charge in [0.15, 0.2) is 5.96 Å². The van der Waals surface area contributed by atoms with Crippen LogP contribution in [0, 0.1) is 11.7 Å². The molecule has 0 saturated carbocycles. The number of hydrogen-bond acceptors (Lipinski definition) is 2. The van der Waals surface area contributed by atoms with E-state index in [9.17, 15) is 4.39 Å². The van der Waals surface area contributed by atoms with Gasteiger partial charge in [0.2, 0.25) is 0 Å². The Bertz CT molecular complexity index is 464. The Morgan fingerprint density at radius 2 is 2.33 bits per heavy atom. The van der Waals surface area contributed by atoms with Gasteiger partial charge in [-0.2, -0.15) is 0 Å². The summed E-state index contributed by atoms with van der Waals surface area (Å²) in [6, 6.07) is 6.65. The van der Waals surface area contributed by atoms with Gasteiger partial charge in [-0.05, 0) is 24.1 Å². The number of nitrogens with zero attached hydrogens (tertiary/aromatic N) is 2. The van der Waals surface area contributed by atoms with E-state index in [4.69, 9.17) is 4.74 Å². The molecular formula is C15H23FIN3O. The van der Waals surface area contributed by atoms with E-state index in [0.29, 0.717) is 12.5 Å². The standard InChI is InChI=1S/C15H22FN3O.HI/c1-17-15(18-9-13-6-7-20-11-13)19(2)10-12-4-3-5-14(16)8-12;/h3-5,8,13H,6-7,9-11H2,1-2H3,(H,17,18);1H. The molecule has 1 aromatic rings. The van der Waals surface area contributed by atoms with Crippen molar-refractivity contribution in [2.24, 2.45) is 10.9 Å². The maximum absolute atomic E-state index is 13.2. The van der Waals surface area contributed by atoms with E-state index in [1.54, 1.807) is 19.2 Å². The topological polar surface area (TPSA) is 36.9 Å². The summed E-state index contributed by atoms with van der Waals surface area (Å²) in [6.07, 6.45) is 1.09. The van der Waals surface area contributed by atoms with E-state index in [1.165, 1.54) is 6.07 Å². The van der Waals surface area contributed by atoms with Crippen LogP contribution in [0.15, 0.2) is 29.3 Å². The molecule has 2 rings (SSSR count). The molecule has 1 heterocycles. The Morgan fingerprint density at radius 1 is 1.52 bits per heavy atom. The first-order valence-corrected chi connectivity index (χ1v) is 6.93. The summed E-state index contributed by atoms with van der Waals surface area (Å²) in [4.78, 5) is 6.26. The van der Waals surface area contributed by atoms with Crippen molar-refractivity contribution in [3.63, 3.8) is 0 Å². The second kappa shape index (κ2) is 9.19. The van der Waals surface area contributed by atoms with Gasteiger partial charge >= 0.3 is 0 Å². The molecule has 4 nitrogen and oxygen atoms in total. The molecule has 1 unspecified atom stereocenters. The molecule has 0 spiro atoms. The lowest BCUT2D eigenvalue weighted by Gasteiger charge is -2.23. The Morgan fingerprint density at radius 3 is 2.95 bits per heavy atom. The van der Waals surface area contributed by atoms with Crippen LogP contribution in [0.1, 0.15) is 12.0 Å². The van der Waals surface area contributed by atoms with Gasteiger partial charge in [0.05, 0.1) is 6.61 Å². The van der Waals surface area contributed by atoms with E-state index in [-0.39, 0.29) is 29.8 Å². The summed E-state index contributed by atoms with van der Waals surface area (Å²) in [7, 11) is 3.71. The first-order chi connectivity index (χ1) is 9.69. The molecule has 1 saturated heterocycles. The summed E-state index contributed by atoms with van der Waals surface area (Å²) < 4.78 is 18.5. The van der Waals surface area contributed by atoms with Crippen molar-refractivity contribution < 1.29 is 9.13 Å². The third kappa shape index (κ3) is 5.78. The van der Waals surface area contributed by atoms with Gasteiger partial charge in [-0.3, -0.25) is 4.99 Å². The molecule has 0 amide bonds. The number of benzene rings is 1. The molecule has 0 radical (unpaired) electrons. The molecule has 0 aliphatic carbocycles. The van der Waals surface area contributed by atoms with E-state index in [1.807, 2.05) is 18.0 Å². The van der Waals surface area contributed by atoms with Crippen LogP contribution < -0.4 is 5.32 Å². The normalized spacial score (nSPS) is 18.2. The zero-order valence-electron chi connectivity index (χ0n) is 12.5. The minimum Gasteiger partial charge on any atom is -0.381 e. The van der Waals surface area contributed by atoms with Gasteiger partial charge in [-0.1, -0.05) is 12.1 Å². The predicted octanol–water partition coefficient (Wildman–Crippen LogP) is 2.49. The molecule has 1 atom stereocenters. The molecule has 118 valence electrons. The second-order valence-corrected chi connectivity index (χ2v) is 5.14. The van der Waals surface area contributed by atoms with Gasteiger partial charge in [-0.15, -0.1) is 24.0 Å². The summed E-state index contributed by atoms with van der Waals surface area (Å²) >= 11 is 0. The number of halogens is 2. The van der Waals surface area contributed by atoms with Crippen LogP contribution in [0.25, 0.3) is 0 Å². The van der Waals surface area contributed by atoms with Crippen LogP contribution in [-0.2, 0) is 11.3 Å². The molecule has 1 fully saturated rings.